The van der Waals surface area contributed by atoms with Gasteiger partial charge in [-0.05, 0) is 44.6 Å². The van der Waals surface area contributed by atoms with Crippen LogP contribution in [0.1, 0.15) is 33.1 Å². The first-order chi connectivity index (χ1) is 6.10. The van der Waals surface area contributed by atoms with Crippen LogP contribution < -0.4 is 0 Å². The van der Waals surface area contributed by atoms with Crippen LogP contribution >= 0.6 is 0 Å². The Balaban J connectivity index is 2.54. The van der Waals surface area contributed by atoms with E-state index in [1.165, 1.54) is 5.57 Å². The predicted molar refractivity (Wildman–Crippen MR) is 53.6 cm³/mol. The molecule has 1 N–H and O–H groups in total. The predicted octanol–water partition coefficient (Wildman–Crippen LogP) is 2.13. The summed E-state index contributed by atoms with van der Waals surface area (Å²) in [7, 11) is 1.77. The van der Waals surface area contributed by atoms with Crippen molar-refractivity contribution in [2.24, 2.45) is 5.92 Å². The zero-order valence-corrected chi connectivity index (χ0v) is 8.84. The summed E-state index contributed by atoms with van der Waals surface area (Å²) in [5.74, 6) is 0.591. The average molecular weight is 184 g/mol. The first-order valence-electron chi connectivity index (χ1n) is 4.94. The summed E-state index contributed by atoms with van der Waals surface area (Å²) in [5, 5.41) is 8.94. The lowest BCUT2D eigenvalue weighted by Crippen LogP contribution is -2.34. The van der Waals surface area contributed by atoms with Crippen LogP contribution in [0.3, 0.4) is 0 Å². The van der Waals surface area contributed by atoms with E-state index in [0.29, 0.717) is 5.92 Å². The fourth-order valence-corrected chi connectivity index (χ4v) is 1.83. The molecule has 0 aliphatic heterocycles. The van der Waals surface area contributed by atoms with E-state index in [-0.39, 0.29) is 12.2 Å². The molecule has 1 aliphatic carbocycles. The van der Waals surface area contributed by atoms with E-state index in [0.717, 1.165) is 19.3 Å². The molecule has 0 spiro atoms. The van der Waals surface area contributed by atoms with Crippen LogP contribution in [0.5, 0.6) is 0 Å². The molecule has 0 heterocycles. The minimum atomic E-state index is -0.0303. The van der Waals surface area contributed by atoms with Gasteiger partial charge in [0.1, 0.15) is 0 Å². The smallest absolute Gasteiger partial charge is 0.0653 e. The summed E-state index contributed by atoms with van der Waals surface area (Å²) in [6.07, 6.45) is 5.35. The highest BCUT2D eigenvalue weighted by atomic mass is 16.5. The number of ether oxygens (including phenoxy) is 1. The summed E-state index contributed by atoms with van der Waals surface area (Å²) >= 11 is 0. The molecule has 1 atom stereocenters. The van der Waals surface area contributed by atoms with Gasteiger partial charge in [-0.15, -0.1) is 0 Å². The number of aliphatic hydroxyl groups excluding tert-OH is 1. The van der Waals surface area contributed by atoms with Crippen LogP contribution in [0.4, 0.5) is 0 Å². The molecule has 0 fully saturated rings. The number of hydrogen-bond acceptors (Lipinski definition) is 2. The van der Waals surface area contributed by atoms with Crippen molar-refractivity contribution in [3.05, 3.63) is 11.6 Å². The van der Waals surface area contributed by atoms with Gasteiger partial charge in [0, 0.05) is 7.11 Å². The normalized spacial score (nSPS) is 24.3. The lowest BCUT2D eigenvalue weighted by Gasteiger charge is -2.35. The quantitative estimate of drug-likeness (QED) is 0.681. The minimum Gasteiger partial charge on any atom is -0.392 e. The third kappa shape index (κ3) is 2.55. The molecule has 0 aromatic rings. The van der Waals surface area contributed by atoms with Crippen molar-refractivity contribution >= 4 is 0 Å². The Hall–Kier alpha value is -0.340. The van der Waals surface area contributed by atoms with Gasteiger partial charge < -0.3 is 9.84 Å². The Bertz CT molecular complexity index is 194. The fourth-order valence-electron chi connectivity index (χ4n) is 1.83. The maximum Gasteiger partial charge on any atom is 0.0653 e. The van der Waals surface area contributed by atoms with Crippen molar-refractivity contribution in [2.45, 2.75) is 38.7 Å². The Labute approximate surface area is 80.6 Å². The van der Waals surface area contributed by atoms with Crippen LogP contribution in [0.15, 0.2) is 11.6 Å². The lowest BCUT2D eigenvalue weighted by molar-refractivity contribution is -0.0315. The highest BCUT2D eigenvalue weighted by Crippen LogP contribution is 2.33. The number of methoxy groups -OCH3 is 1. The van der Waals surface area contributed by atoms with Crippen LogP contribution in [0.2, 0.25) is 0 Å². The summed E-state index contributed by atoms with van der Waals surface area (Å²) in [6.45, 7) is 4.49. The Kier molecular flexibility index (Phi) is 3.51. The third-order valence-corrected chi connectivity index (χ3v) is 3.22. The summed E-state index contributed by atoms with van der Waals surface area (Å²) in [5.41, 5.74) is 1.15. The number of rotatable bonds is 3. The van der Waals surface area contributed by atoms with E-state index in [1.54, 1.807) is 7.11 Å². The zero-order valence-electron chi connectivity index (χ0n) is 8.84. The molecule has 0 aromatic carbocycles. The Morgan fingerprint density at radius 2 is 2.31 bits per heavy atom. The molecule has 0 amide bonds. The molecule has 1 aliphatic rings. The van der Waals surface area contributed by atoms with Crippen LogP contribution in [-0.2, 0) is 4.74 Å². The average Bonchev–Trinajstić information content (AvgIpc) is 2.18. The lowest BCUT2D eigenvalue weighted by atomic mass is 9.79. The fraction of sp³-hybridized carbons (Fsp3) is 0.818. The van der Waals surface area contributed by atoms with Crippen LogP contribution in [-0.4, -0.2) is 24.4 Å². The third-order valence-electron chi connectivity index (χ3n) is 3.22. The van der Waals surface area contributed by atoms with Crippen molar-refractivity contribution < 1.29 is 9.84 Å². The molecule has 13 heavy (non-hydrogen) atoms. The van der Waals surface area contributed by atoms with Crippen LogP contribution in [0.25, 0.3) is 0 Å². The highest BCUT2D eigenvalue weighted by Gasteiger charge is 2.29. The molecule has 1 rings (SSSR count). The SMILES string of the molecule is COC(C)(C)C1CC=C(CO)CC1. The van der Waals surface area contributed by atoms with E-state index >= 15 is 0 Å². The summed E-state index contributed by atoms with van der Waals surface area (Å²) < 4.78 is 5.45. The van der Waals surface area contributed by atoms with E-state index in [2.05, 4.69) is 19.9 Å². The zero-order chi connectivity index (χ0) is 9.90. The monoisotopic (exact) mass is 184 g/mol. The Morgan fingerprint density at radius 3 is 2.69 bits per heavy atom. The second-order valence-electron chi connectivity index (χ2n) is 4.30. The molecule has 0 saturated heterocycles. The summed E-state index contributed by atoms with van der Waals surface area (Å²) in [6, 6.07) is 0. The van der Waals surface area contributed by atoms with Gasteiger partial charge in [0.05, 0.1) is 12.2 Å². The van der Waals surface area contributed by atoms with Gasteiger partial charge in [0.25, 0.3) is 0 Å². The van der Waals surface area contributed by atoms with Gasteiger partial charge in [0.2, 0.25) is 0 Å². The Morgan fingerprint density at radius 1 is 1.62 bits per heavy atom. The number of hydrogen-bond donors (Lipinski definition) is 1. The molecule has 0 radical (unpaired) electrons. The molecule has 0 saturated carbocycles. The molecule has 2 heteroatoms. The first kappa shape index (κ1) is 10.7. The molecular formula is C11H20O2. The topological polar surface area (TPSA) is 29.5 Å². The molecule has 0 aromatic heterocycles. The molecular weight excluding hydrogens is 164 g/mol. The molecule has 1 unspecified atom stereocenters. The standard InChI is InChI=1S/C11H20O2/c1-11(2,13-3)10-6-4-9(8-12)5-7-10/h4,10,12H,5-8H2,1-3H3. The number of allylic oxidation sites excluding steroid dienone is 1. The summed E-state index contributed by atoms with van der Waals surface area (Å²) in [4.78, 5) is 0. The molecule has 2 nitrogen and oxygen atoms in total. The maximum atomic E-state index is 8.94. The molecule has 76 valence electrons. The van der Waals surface area contributed by atoms with E-state index in [1.807, 2.05) is 0 Å². The largest absolute Gasteiger partial charge is 0.392 e. The van der Waals surface area contributed by atoms with Gasteiger partial charge in [-0.25, -0.2) is 0 Å². The van der Waals surface area contributed by atoms with Gasteiger partial charge in [0.15, 0.2) is 0 Å². The van der Waals surface area contributed by atoms with E-state index in [9.17, 15) is 0 Å². The van der Waals surface area contributed by atoms with Crippen molar-refractivity contribution in [3.8, 4) is 0 Å². The van der Waals surface area contributed by atoms with Gasteiger partial charge in [-0.3, -0.25) is 0 Å². The van der Waals surface area contributed by atoms with E-state index < -0.39 is 0 Å². The van der Waals surface area contributed by atoms with Crippen LogP contribution in [0, 0.1) is 5.92 Å². The maximum absolute atomic E-state index is 8.94. The van der Waals surface area contributed by atoms with Crippen molar-refractivity contribution in [1.82, 2.24) is 0 Å². The minimum absolute atomic E-state index is 0.0303. The van der Waals surface area contributed by atoms with Crippen molar-refractivity contribution in [3.63, 3.8) is 0 Å². The molecule has 0 bridgehead atoms. The first-order valence-corrected chi connectivity index (χ1v) is 4.94. The van der Waals surface area contributed by atoms with Gasteiger partial charge >= 0.3 is 0 Å². The highest BCUT2D eigenvalue weighted by molar-refractivity contribution is 5.08. The van der Waals surface area contributed by atoms with Crippen molar-refractivity contribution in [2.75, 3.05) is 13.7 Å². The van der Waals surface area contributed by atoms with Crippen molar-refractivity contribution in [1.29, 1.82) is 0 Å². The van der Waals surface area contributed by atoms with Gasteiger partial charge in [-0.1, -0.05) is 6.08 Å². The number of aliphatic hydroxyl groups is 1. The second kappa shape index (κ2) is 4.25. The van der Waals surface area contributed by atoms with Gasteiger partial charge in [-0.2, -0.15) is 0 Å². The second-order valence-corrected chi connectivity index (χ2v) is 4.30. The van der Waals surface area contributed by atoms with E-state index in [4.69, 9.17) is 9.84 Å².